The van der Waals surface area contributed by atoms with Gasteiger partial charge in [-0.1, -0.05) is 19.3 Å². The van der Waals surface area contributed by atoms with E-state index in [1.165, 1.54) is 32.1 Å². The van der Waals surface area contributed by atoms with Crippen LogP contribution in [0.2, 0.25) is 0 Å². The molecule has 1 aliphatic heterocycles. The number of likely N-dealkylation sites (tertiary alicyclic amines) is 1. The Labute approximate surface area is 111 Å². The zero-order valence-corrected chi connectivity index (χ0v) is 11.5. The molecule has 1 aliphatic rings. The summed E-state index contributed by atoms with van der Waals surface area (Å²) in [6.45, 7) is 3.69. The lowest BCUT2D eigenvalue weighted by molar-refractivity contribution is -0.130. The van der Waals surface area contributed by atoms with Crippen LogP contribution in [0.15, 0.2) is 0 Å². The average molecular weight is 251 g/mol. The Bertz CT molecular complexity index is 277. The van der Waals surface area contributed by atoms with Crippen LogP contribution in [0.3, 0.4) is 0 Å². The van der Waals surface area contributed by atoms with Gasteiger partial charge in [-0.25, -0.2) is 0 Å². The van der Waals surface area contributed by atoms with Crippen molar-refractivity contribution in [1.82, 2.24) is 9.80 Å². The third-order valence-corrected chi connectivity index (χ3v) is 3.58. The molecule has 0 aliphatic carbocycles. The molecular formula is C14H25N3O. The van der Waals surface area contributed by atoms with Gasteiger partial charge in [0.25, 0.3) is 0 Å². The molecule has 0 aromatic heterocycles. The molecule has 0 spiro atoms. The van der Waals surface area contributed by atoms with E-state index in [9.17, 15) is 4.79 Å². The second kappa shape index (κ2) is 8.93. The van der Waals surface area contributed by atoms with Gasteiger partial charge in [0.2, 0.25) is 5.91 Å². The summed E-state index contributed by atoms with van der Waals surface area (Å²) >= 11 is 0. The molecule has 18 heavy (non-hydrogen) atoms. The molecule has 102 valence electrons. The van der Waals surface area contributed by atoms with E-state index in [1.807, 2.05) is 0 Å². The van der Waals surface area contributed by atoms with Crippen LogP contribution in [0, 0.1) is 11.3 Å². The van der Waals surface area contributed by atoms with Crippen LogP contribution in [0.4, 0.5) is 0 Å². The Balaban J connectivity index is 2.21. The molecule has 0 aromatic carbocycles. The summed E-state index contributed by atoms with van der Waals surface area (Å²) in [4.78, 5) is 15.9. The van der Waals surface area contributed by atoms with E-state index < -0.39 is 0 Å². The van der Waals surface area contributed by atoms with Gasteiger partial charge in [0.05, 0.1) is 12.5 Å². The highest BCUT2D eigenvalue weighted by Crippen LogP contribution is 2.10. The summed E-state index contributed by atoms with van der Waals surface area (Å²) in [6.07, 6.45) is 7.55. The van der Waals surface area contributed by atoms with E-state index in [-0.39, 0.29) is 5.91 Å². The van der Waals surface area contributed by atoms with Crippen LogP contribution in [-0.4, -0.2) is 48.9 Å². The van der Waals surface area contributed by atoms with E-state index in [4.69, 9.17) is 5.26 Å². The Morgan fingerprint density at radius 1 is 1.22 bits per heavy atom. The van der Waals surface area contributed by atoms with Crippen LogP contribution >= 0.6 is 0 Å². The van der Waals surface area contributed by atoms with Gasteiger partial charge in [-0.15, -0.1) is 0 Å². The van der Waals surface area contributed by atoms with Crippen molar-refractivity contribution in [2.75, 3.05) is 33.2 Å². The Morgan fingerprint density at radius 2 is 1.83 bits per heavy atom. The normalized spacial score (nSPS) is 17.6. The lowest BCUT2D eigenvalue weighted by atomic mass is 10.1. The third kappa shape index (κ3) is 6.02. The number of hydrogen-bond donors (Lipinski definition) is 0. The maximum Gasteiger partial charge on any atom is 0.223 e. The number of rotatable bonds is 5. The summed E-state index contributed by atoms with van der Waals surface area (Å²) in [7, 11) is 1.78. The minimum absolute atomic E-state index is 0.160. The van der Waals surface area contributed by atoms with Gasteiger partial charge in [0.15, 0.2) is 0 Å². The van der Waals surface area contributed by atoms with Gasteiger partial charge in [-0.3, -0.25) is 4.79 Å². The highest BCUT2D eigenvalue weighted by molar-refractivity contribution is 5.76. The quantitative estimate of drug-likeness (QED) is 0.751. The van der Waals surface area contributed by atoms with E-state index in [1.54, 1.807) is 11.9 Å². The number of carbonyl (C=O) groups excluding carboxylic acids is 1. The monoisotopic (exact) mass is 251 g/mol. The van der Waals surface area contributed by atoms with Gasteiger partial charge in [0, 0.05) is 26.6 Å². The first-order valence-electron chi connectivity index (χ1n) is 7.07. The highest BCUT2D eigenvalue weighted by Gasteiger charge is 2.12. The van der Waals surface area contributed by atoms with Crippen molar-refractivity contribution in [3.8, 4) is 6.07 Å². The molecule has 1 saturated heterocycles. The van der Waals surface area contributed by atoms with Crippen LogP contribution in [0.5, 0.6) is 0 Å². The molecule has 0 saturated carbocycles. The molecule has 1 amide bonds. The largest absolute Gasteiger partial charge is 0.345 e. The molecule has 4 nitrogen and oxygen atoms in total. The Hall–Kier alpha value is -1.08. The predicted octanol–water partition coefficient (Wildman–Crippen LogP) is 2.01. The average Bonchev–Trinajstić information content (AvgIpc) is 2.34. The number of nitrogens with zero attached hydrogens (tertiary/aromatic N) is 3. The number of hydrogen-bond acceptors (Lipinski definition) is 3. The lowest BCUT2D eigenvalue weighted by Crippen LogP contribution is -2.34. The molecule has 0 atom stereocenters. The SMILES string of the molecule is CN(CCC#N)C(=O)CCN1CCCCCCC1. The summed E-state index contributed by atoms with van der Waals surface area (Å²) in [5.41, 5.74) is 0. The predicted molar refractivity (Wildman–Crippen MR) is 72.0 cm³/mol. The van der Waals surface area contributed by atoms with Crippen molar-refractivity contribution >= 4 is 5.91 Å². The van der Waals surface area contributed by atoms with Crippen LogP contribution < -0.4 is 0 Å². The Morgan fingerprint density at radius 3 is 2.44 bits per heavy atom. The summed E-state index contributed by atoms with van der Waals surface area (Å²) < 4.78 is 0. The number of amides is 1. The second-order valence-corrected chi connectivity index (χ2v) is 5.08. The van der Waals surface area contributed by atoms with Crippen molar-refractivity contribution in [1.29, 1.82) is 5.26 Å². The van der Waals surface area contributed by atoms with Crippen LogP contribution in [0.1, 0.15) is 44.9 Å². The molecular weight excluding hydrogens is 226 g/mol. The van der Waals surface area contributed by atoms with Crippen molar-refractivity contribution < 1.29 is 4.79 Å². The van der Waals surface area contributed by atoms with Gasteiger partial charge in [-0.05, 0) is 25.9 Å². The smallest absolute Gasteiger partial charge is 0.223 e. The molecule has 0 N–H and O–H groups in total. The first-order valence-corrected chi connectivity index (χ1v) is 7.07. The molecule has 0 bridgehead atoms. The minimum atomic E-state index is 0.160. The summed E-state index contributed by atoms with van der Waals surface area (Å²) in [6, 6.07) is 2.07. The zero-order valence-electron chi connectivity index (χ0n) is 11.5. The van der Waals surface area contributed by atoms with E-state index in [0.717, 1.165) is 19.6 Å². The number of carbonyl (C=O) groups is 1. The Kier molecular flexibility index (Phi) is 7.43. The fourth-order valence-corrected chi connectivity index (χ4v) is 2.32. The minimum Gasteiger partial charge on any atom is -0.345 e. The molecule has 0 aromatic rings. The molecule has 1 fully saturated rings. The number of nitriles is 1. The van der Waals surface area contributed by atoms with E-state index in [2.05, 4.69) is 11.0 Å². The van der Waals surface area contributed by atoms with Crippen molar-refractivity contribution in [2.24, 2.45) is 0 Å². The molecule has 0 unspecified atom stereocenters. The third-order valence-electron chi connectivity index (χ3n) is 3.58. The first kappa shape index (κ1) is 15.0. The molecule has 1 heterocycles. The summed E-state index contributed by atoms with van der Waals surface area (Å²) in [5, 5.41) is 8.49. The topological polar surface area (TPSA) is 47.3 Å². The zero-order chi connectivity index (χ0) is 13.2. The van der Waals surface area contributed by atoms with Crippen molar-refractivity contribution in [3.63, 3.8) is 0 Å². The van der Waals surface area contributed by atoms with Crippen LogP contribution in [-0.2, 0) is 4.79 Å². The van der Waals surface area contributed by atoms with Crippen LogP contribution in [0.25, 0.3) is 0 Å². The molecule has 1 rings (SSSR count). The fourth-order valence-electron chi connectivity index (χ4n) is 2.32. The highest BCUT2D eigenvalue weighted by atomic mass is 16.2. The lowest BCUT2D eigenvalue weighted by Gasteiger charge is -2.25. The van der Waals surface area contributed by atoms with Gasteiger partial charge in [-0.2, -0.15) is 5.26 Å². The van der Waals surface area contributed by atoms with Gasteiger partial charge in [0.1, 0.15) is 0 Å². The maximum absolute atomic E-state index is 11.8. The van der Waals surface area contributed by atoms with E-state index >= 15 is 0 Å². The summed E-state index contributed by atoms with van der Waals surface area (Å²) in [5.74, 6) is 0.160. The molecule has 0 radical (unpaired) electrons. The van der Waals surface area contributed by atoms with Crippen molar-refractivity contribution in [2.45, 2.75) is 44.9 Å². The van der Waals surface area contributed by atoms with E-state index in [0.29, 0.717) is 19.4 Å². The fraction of sp³-hybridized carbons (Fsp3) is 0.857. The van der Waals surface area contributed by atoms with Gasteiger partial charge >= 0.3 is 0 Å². The second-order valence-electron chi connectivity index (χ2n) is 5.08. The standard InChI is InChI=1S/C14H25N3O/c1-16(10-7-9-15)14(18)8-13-17-11-5-3-2-4-6-12-17/h2-8,10-13H2,1H3. The van der Waals surface area contributed by atoms with Gasteiger partial charge < -0.3 is 9.80 Å². The molecule has 4 heteroatoms. The first-order chi connectivity index (χ1) is 8.74. The van der Waals surface area contributed by atoms with Crippen molar-refractivity contribution in [3.05, 3.63) is 0 Å². The maximum atomic E-state index is 11.8.